The second kappa shape index (κ2) is 5.70. The van der Waals surface area contributed by atoms with Crippen molar-refractivity contribution in [3.8, 4) is 0 Å². The third-order valence-corrected chi connectivity index (χ3v) is 3.71. The first-order valence-corrected chi connectivity index (χ1v) is 6.88. The van der Waals surface area contributed by atoms with Crippen molar-refractivity contribution in [3.05, 3.63) is 29.6 Å². The lowest BCUT2D eigenvalue weighted by atomic mass is 10.1. The predicted octanol–water partition coefficient (Wildman–Crippen LogP) is 3.17. The molecular formula is C15H23FN2. The number of rotatable bonds is 4. The van der Waals surface area contributed by atoms with Crippen LogP contribution in [0.4, 0.5) is 10.1 Å². The summed E-state index contributed by atoms with van der Waals surface area (Å²) in [5.74, 6) is 0.554. The van der Waals surface area contributed by atoms with Crippen LogP contribution in [0.5, 0.6) is 0 Å². The van der Waals surface area contributed by atoms with Crippen molar-refractivity contribution in [2.45, 2.75) is 39.8 Å². The fourth-order valence-electron chi connectivity index (χ4n) is 2.90. The van der Waals surface area contributed by atoms with E-state index in [2.05, 4.69) is 31.0 Å². The maximum absolute atomic E-state index is 14.2. The highest BCUT2D eigenvalue weighted by molar-refractivity contribution is 5.56. The highest BCUT2D eigenvalue weighted by atomic mass is 19.1. The summed E-state index contributed by atoms with van der Waals surface area (Å²) in [5, 5.41) is 3.29. The van der Waals surface area contributed by atoms with Gasteiger partial charge in [-0.2, -0.15) is 0 Å². The van der Waals surface area contributed by atoms with Crippen molar-refractivity contribution in [1.82, 2.24) is 5.32 Å². The van der Waals surface area contributed by atoms with Crippen LogP contribution in [0.15, 0.2) is 18.2 Å². The van der Waals surface area contributed by atoms with Crippen LogP contribution >= 0.6 is 0 Å². The minimum absolute atomic E-state index is 0.0913. The summed E-state index contributed by atoms with van der Waals surface area (Å²) in [6.07, 6.45) is 1.15. The molecule has 0 bridgehead atoms. The van der Waals surface area contributed by atoms with Crippen molar-refractivity contribution in [2.24, 2.45) is 5.92 Å². The average Bonchev–Trinajstić information content (AvgIpc) is 2.65. The van der Waals surface area contributed by atoms with Crippen LogP contribution in [0.25, 0.3) is 0 Å². The van der Waals surface area contributed by atoms with Crippen LogP contribution in [-0.2, 0) is 6.54 Å². The zero-order valence-corrected chi connectivity index (χ0v) is 11.5. The number of halogens is 1. The first-order valence-electron chi connectivity index (χ1n) is 6.88. The zero-order chi connectivity index (χ0) is 13.1. The molecule has 3 heteroatoms. The van der Waals surface area contributed by atoms with Crippen molar-refractivity contribution in [3.63, 3.8) is 0 Å². The molecule has 1 aromatic carbocycles. The van der Waals surface area contributed by atoms with Gasteiger partial charge in [0.1, 0.15) is 5.82 Å². The van der Waals surface area contributed by atoms with Crippen LogP contribution in [0.3, 0.4) is 0 Å². The Morgan fingerprint density at radius 1 is 1.39 bits per heavy atom. The van der Waals surface area contributed by atoms with Gasteiger partial charge in [0.2, 0.25) is 0 Å². The summed E-state index contributed by atoms with van der Waals surface area (Å²) < 4.78 is 14.2. The Morgan fingerprint density at radius 2 is 2.17 bits per heavy atom. The summed E-state index contributed by atoms with van der Waals surface area (Å²) in [6, 6.07) is 5.82. The SMILES string of the molecule is CCNCc1cccc(F)c1N1CC(C)CC1C. The van der Waals surface area contributed by atoms with E-state index in [0.29, 0.717) is 12.0 Å². The number of nitrogens with one attached hydrogen (secondary N) is 1. The molecule has 100 valence electrons. The van der Waals surface area contributed by atoms with Gasteiger partial charge in [0.05, 0.1) is 5.69 Å². The van der Waals surface area contributed by atoms with Crippen LogP contribution in [0.2, 0.25) is 0 Å². The van der Waals surface area contributed by atoms with Gasteiger partial charge in [0.25, 0.3) is 0 Å². The van der Waals surface area contributed by atoms with Gasteiger partial charge in [0, 0.05) is 19.1 Å². The third-order valence-electron chi connectivity index (χ3n) is 3.71. The number of hydrogen-bond donors (Lipinski definition) is 1. The molecule has 0 radical (unpaired) electrons. The van der Waals surface area contributed by atoms with Gasteiger partial charge in [-0.1, -0.05) is 26.0 Å². The fraction of sp³-hybridized carbons (Fsp3) is 0.600. The molecule has 0 amide bonds. The molecule has 1 saturated heterocycles. The van der Waals surface area contributed by atoms with Crippen molar-refractivity contribution >= 4 is 5.69 Å². The Balaban J connectivity index is 2.30. The molecule has 2 rings (SSSR count). The van der Waals surface area contributed by atoms with Gasteiger partial charge in [0.15, 0.2) is 0 Å². The summed E-state index contributed by atoms with van der Waals surface area (Å²) in [4.78, 5) is 2.23. The third kappa shape index (κ3) is 2.66. The topological polar surface area (TPSA) is 15.3 Å². The molecule has 0 saturated carbocycles. The van der Waals surface area contributed by atoms with Gasteiger partial charge in [-0.25, -0.2) is 4.39 Å². The molecule has 0 aliphatic carbocycles. The van der Waals surface area contributed by atoms with E-state index in [4.69, 9.17) is 0 Å². The van der Waals surface area contributed by atoms with Gasteiger partial charge in [-0.3, -0.25) is 0 Å². The van der Waals surface area contributed by atoms with E-state index in [9.17, 15) is 4.39 Å². The van der Waals surface area contributed by atoms with Crippen LogP contribution < -0.4 is 10.2 Å². The molecule has 1 aliphatic rings. The lowest BCUT2D eigenvalue weighted by Crippen LogP contribution is -2.29. The van der Waals surface area contributed by atoms with Crippen molar-refractivity contribution < 1.29 is 4.39 Å². The normalized spacial score (nSPS) is 23.7. The summed E-state index contributed by atoms with van der Waals surface area (Å²) in [7, 11) is 0. The Bertz CT molecular complexity index is 405. The number of anilines is 1. The molecule has 2 unspecified atom stereocenters. The van der Waals surface area contributed by atoms with Gasteiger partial charge in [-0.15, -0.1) is 0 Å². The number of para-hydroxylation sites is 1. The second-order valence-electron chi connectivity index (χ2n) is 5.37. The maximum atomic E-state index is 14.2. The first kappa shape index (κ1) is 13.3. The minimum atomic E-state index is -0.0913. The first-order chi connectivity index (χ1) is 8.63. The zero-order valence-electron chi connectivity index (χ0n) is 11.5. The second-order valence-corrected chi connectivity index (χ2v) is 5.37. The van der Waals surface area contributed by atoms with E-state index < -0.39 is 0 Å². The van der Waals surface area contributed by atoms with E-state index in [1.54, 1.807) is 12.1 Å². The highest BCUT2D eigenvalue weighted by Gasteiger charge is 2.29. The molecule has 1 fully saturated rings. The molecule has 2 atom stereocenters. The van der Waals surface area contributed by atoms with E-state index in [0.717, 1.165) is 37.3 Å². The largest absolute Gasteiger partial charge is 0.366 e. The monoisotopic (exact) mass is 250 g/mol. The highest BCUT2D eigenvalue weighted by Crippen LogP contribution is 2.33. The fourth-order valence-corrected chi connectivity index (χ4v) is 2.90. The quantitative estimate of drug-likeness (QED) is 0.883. The van der Waals surface area contributed by atoms with Crippen LogP contribution in [0, 0.1) is 11.7 Å². The molecule has 1 aromatic rings. The van der Waals surface area contributed by atoms with E-state index in [1.165, 1.54) is 0 Å². The Morgan fingerprint density at radius 3 is 2.78 bits per heavy atom. The number of benzene rings is 1. The lowest BCUT2D eigenvalue weighted by Gasteiger charge is -2.27. The van der Waals surface area contributed by atoms with E-state index >= 15 is 0 Å². The lowest BCUT2D eigenvalue weighted by molar-refractivity contribution is 0.605. The minimum Gasteiger partial charge on any atom is -0.366 e. The number of nitrogens with zero attached hydrogens (tertiary/aromatic N) is 1. The summed E-state index contributed by atoms with van der Waals surface area (Å²) >= 11 is 0. The van der Waals surface area contributed by atoms with Crippen molar-refractivity contribution in [2.75, 3.05) is 18.0 Å². The maximum Gasteiger partial charge on any atom is 0.146 e. The molecule has 0 aromatic heterocycles. The predicted molar refractivity (Wildman–Crippen MR) is 74.4 cm³/mol. The van der Waals surface area contributed by atoms with E-state index in [1.807, 2.05) is 6.07 Å². The standard InChI is InChI=1S/C15H23FN2/c1-4-17-9-13-6-5-7-14(16)15(13)18-10-11(2)8-12(18)3/h5-7,11-12,17H,4,8-10H2,1-3H3. The van der Waals surface area contributed by atoms with Crippen LogP contribution in [-0.4, -0.2) is 19.1 Å². The number of hydrogen-bond acceptors (Lipinski definition) is 2. The Labute approximate surface area is 109 Å². The summed E-state index contributed by atoms with van der Waals surface area (Å²) in [5.41, 5.74) is 1.87. The van der Waals surface area contributed by atoms with Crippen LogP contribution in [0.1, 0.15) is 32.8 Å². The molecule has 18 heavy (non-hydrogen) atoms. The summed E-state index contributed by atoms with van der Waals surface area (Å²) in [6.45, 7) is 9.10. The van der Waals surface area contributed by atoms with Gasteiger partial charge >= 0.3 is 0 Å². The molecular weight excluding hydrogens is 227 g/mol. The van der Waals surface area contributed by atoms with Crippen molar-refractivity contribution in [1.29, 1.82) is 0 Å². The van der Waals surface area contributed by atoms with Gasteiger partial charge in [-0.05, 0) is 37.4 Å². The Hall–Kier alpha value is -1.09. The average molecular weight is 250 g/mol. The molecule has 1 N–H and O–H groups in total. The molecule has 0 spiro atoms. The van der Waals surface area contributed by atoms with E-state index in [-0.39, 0.29) is 5.82 Å². The van der Waals surface area contributed by atoms with Gasteiger partial charge < -0.3 is 10.2 Å². The molecule has 2 nitrogen and oxygen atoms in total. The smallest absolute Gasteiger partial charge is 0.146 e. The molecule has 1 heterocycles. The molecule has 1 aliphatic heterocycles. The Kier molecular flexibility index (Phi) is 4.23.